The maximum Gasteiger partial charge on any atom is 0.337 e. The Morgan fingerprint density at radius 2 is 2.24 bits per heavy atom. The van der Waals surface area contributed by atoms with Crippen molar-refractivity contribution in [1.82, 2.24) is 4.98 Å². The van der Waals surface area contributed by atoms with Crippen LogP contribution < -0.4 is 11.1 Å². The molecule has 0 fully saturated rings. The average Bonchev–Trinajstić information content (AvgIpc) is 2.94. The number of aromatic nitrogens is 1. The number of benzene rings is 1. The van der Waals surface area contributed by atoms with E-state index in [0.29, 0.717) is 16.7 Å². The Morgan fingerprint density at radius 1 is 1.48 bits per heavy atom. The van der Waals surface area contributed by atoms with Crippen molar-refractivity contribution >= 4 is 40.8 Å². The molecule has 0 unspecified atom stereocenters. The monoisotopic (exact) mass is 326 g/mol. The number of rotatable bonds is 3. The number of halogens is 1. The highest BCUT2D eigenvalue weighted by Crippen LogP contribution is 2.25. The second-order valence-corrected chi connectivity index (χ2v) is 4.70. The van der Waals surface area contributed by atoms with Crippen LogP contribution in [0.3, 0.4) is 0 Å². The van der Waals surface area contributed by atoms with Gasteiger partial charge in [-0.2, -0.15) is 0 Å². The van der Waals surface area contributed by atoms with E-state index < -0.39 is 0 Å². The molecule has 0 aliphatic heterocycles. The lowest BCUT2D eigenvalue weighted by atomic mass is 10.1. The number of nitrogens with zero attached hydrogens (tertiary/aromatic N) is 2. The summed E-state index contributed by atoms with van der Waals surface area (Å²) in [7, 11) is 2.95. The SMILES string of the molecule is CN=C(N)Nc1nc(-c2cccc(C(=O)OC)c2)cs1.Cl. The van der Waals surface area contributed by atoms with E-state index in [9.17, 15) is 4.79 Å². The summed E-state index contributed by atoms with van der Waals surface area (Å²) in [5.41, 5.74) is 7.66. The molecule has 0 bridgehead atoms. The first-order chi connectivity index (χ1) is 9.63. The molecule has 0 spiro atoms. The lowest BCUT2D eigenvalue weighted by molar-refractivity contribution is 0.0601. The zero-order valence-corrected chi connectivity index (χ0v) is 13.1. The van der Waals surface area contributed by atoms with Gasteiger partial charge in [0.2, 0.25) is 0 Å². The Bertz CT molecular complexity index is 657. The molecule has 1 heterocycles. The van der Waals surface area contributed by atoms with E-state index >= 15 is 0 Å². The van der Waals surface area contributed by atoms with Crippen LogP contribution in [-0.2, 0) is 4.74 Å². The fourth-order valence-electron chi connectivity index (χ4n) is 1.55. The van der Waals surface area contributed by atoms with Crippen molar-refractivity contribution in [3.8, 4) is 11.3 Å². The number of aliphatic imine (C=N–C) groups is 1. The minimum Gasteiger partial charge on any atom is -0.465 e. The zero-order valence-electron chi connectivity index (χ0n) is 11.5. The van der Waals surface area contributed by atoms with Gasteiger partial charge in [-0.1, -0.05) is 12.1 Å². The third kappa shape index (κ3) is 4.17. The van der Waals surface area contributed by atoms with Gasteiger partial charge in [0.25, 0.3) is 0 Å². The normalized spacial score (nSPS) is 10.7. The number of carbonyl (C=O) groups excluding carboxylic acids is 1. The number of carbonyl (C=O) groups is 1. The number of ether oxygens (including phenoxy) is 1. The summed E-state index contributed by atoms with van der Waals surface area (Å²) in [5.74, 6) is -0.0722. The van der Waals surface area contributed by atoms with E-state index in [4.69, 9.17) is 10.5 Å². The van der Waals surface area contributed by atoms with Gasteiger partial charge in [0.05, 0.1) is 18.4 Å². The van der Waals surface area contributed by atoms with Crippen LogP contribution in [0.5, 0.6) is 0 Å². The second-order valence-electron chi connectivity index (χ2n) is 3.84. The minimum atomic E-state index is -0.372. The number of nitrogens with one attached hydrogen (secondary N) is 1. The molecule has 21 heavy (non-hydrogen) atoms. The number of hydrogen-bond acceptors (Lipinski definition) is 5. The third-order valence-corrected chi connectivity index (χ3v) is 3.32. The third-order valence-electron chi connectivity index (χ3n) is 2.56. The van der Waals surface area contributed by atoms with E-state index in [1.807, 2.05) is 11.4 Å². The molecule has 1 aromatic heterocycles. The van der Waals surface area contributed by atoms with Gasteiger partial charge in [0.1, 0.15) is 0 Å². The molecule has 6 nitrogen and oxygen atoms in total. The van der Waals surface area contributed by atoms with Crippen molar-refractivity contribution in [2.24, 2.45) is 10.7 Å². The predicted octanol–water partition coefficient (Wildman–Crippen LogP) is 2.37. The number of methoxy groups -OCH3 is 1. The maximum atomic E-state index is 11.5. The fourth-order valence-corrected chi connectivity index (χ4v) is 2.28. The first kappa shape index (κ1) is 16.9. The highest BCUT2D eigenvalue weighted by atomic mass is 35.5. The van der Waals surface area contributed by atoms with E-state index in [1.165, 1.54) is 18.4 Å². The molecule has 0 aliphatic rings. The summed E-state index contributed by atoms with van der Waals surface area (Å²) in [6.45, 7) is 0. The first-order valence-electron chi connectivity index (χ1n) is 5.77. The summed E-state index contributed by atoms with van der Waals surface area (Å²) in [5, 5.41) is 5.40. The highest BCUT2D eigenvalue weighted by molar-refractivity contribution is 7.14. The van der Waals surface area contributed by atoms with Crippen LogP contribution in [0.2, 0.25) is 0 Å². The van der Waals surface area contributed by atoms with Crippen molar-refractivity contribution in [2.75, 3.05) is 19.5 Å². The molecule has 0 atom stereocenters. The molecule has 2 aromatic rings. The Labute approximate surface area is 132 Å². The van der Waals surface area contributed by atoms with Gasteiger partial charge >= 0.3 is 5.97 Å². The van der Waals surface area contributed by atoms with Gasteiger partial charge in [0, 0.05) is 18.0 Å². The van der Waals surface area contributed by atoms with Gasteiger partial charge in [-0.05, 0) is 12.1 Å². The van der Waals surface area contributed by atoms with Crippen molar-refractivity contribution in [3.63, 3.8) is 0 Å². The average molecular weight is 327 g/mol. The van der Waals surface area contributed by atoms with Gasteiger partial charge in [0.15, 0.2) is 11.1 Å². The molecule has 0 saturated heterocycles. The number of hydrogen-bond donors (Lipinski definition) is 2. The lowest BCUT2D eigenvalue weighted by Gasteiger charge is -2.02. The number of anilines is 1. The van der Waals surface area contributed by atoms with Crippen LogP contribution in [0.15, 0.2) is 34.6 Å². The van der Waals surface area contributed by atoms with Crippen LogP contribution in [-0.4, -0.2) is 31.1 Å². The molecule has 0 radical (unpaired) electrons. The molecule has 2 rings (SSSR count). The highest BCUT2D eigenvalue weighted by Gasteiger charge is 2.09. The molecule has 0 amide bonds. The van der Waals surface area contributed by atoms with Crippen LogP contribution in [0.1, 0.15) is 10.4 Å². The quantitative estimate of drug-likeness (QED) is 0.513. The van der Waals surface area contributed by atoms with E-state index in [-0.39, 0.29) is 18.4 Å². The molecule has 8 heteroatoms. The maximum absolute atomic E-state index is 11.5. The van der Waals surface area contributed by atoms with Crippen molar-refractivity contribution < 1.29 is 9.53 Å². The number of nitrogens with two attached hydrogens (primary N) is 1. The molecule has 0 aliphatic carbocycles. The summed E-state index contributed by atoms with van der Waals surface area (Å²) in [4.78, 5) is 19.7. The Morgan fingerprint density at radius 3 is 2.90 bits per heavy atom. The summed E-state index contributed by atoms with van der Waals surface area (Å²) >= 11 is 1.41. The zero-order chi connectivity index (χ0) is 14.5. The summed E-state index contributed by atoms with van der Waals surface area (Å²) in [6, 6.07) is 7.10. The number of esters is 1. The van der Waals surface area contributed by atoms with Crippen molar-refractivity contribution in [3.05, 3.63) is 35.2 Å². The van der Waals surface area contributed by atoms with Crippen LogP contribution in [0.4, 0.5) is 5.13 Å². The molecule has 3 N–H and O–H groups in total. The van der Waals surface area contributed by atoms with Gasteiger partial charge < -0.3 is 15.8 Å². The van der Waals surface area contributed by atoms with E-state index in [2.05, 4.69) is 15.3 Å². The molecule has 0 saturated carbocycles. The van der Waals surface area contributed by atoms with Crippen molar-refractivity contribution in [1.29, 1.82) is 0 Å². The first-order valence-corrected chi connectivity index (χ1v) is 6.65. The van der Waals surface area contributed by atoms with Crippen LogP contribution in [0, 0.1) is 0 Å². The predicted molar refractivity (Wildman–Crippen MR) is 87.3 cm³/mol. The smallest absolute Gasteiger partial charge is 0.337 e. The Hall–Kier alpha value is -2.12. The van der Waals surface area contributed by atoms with E-state index in [1.54, 1.807) is 25.2 Å². The number of thiazole rings is 1. The van der Waals surface area contributed by atoms with Crippen LogP contribution >= 0.6 is 23.7 Å². The summed E-state index contributed by atoms with van der Waals surface area (Å²) in [6.07, 6.45) is 0. The topological polar surface area (TPSA) is 89.6 Å². The van der Waals surface area contributed by atoms with Gasteiger partial charge in [-0.25, -0.2) is 9.78 Å². The molecule has 1 aromatic carbocycles. The number of guanidine groups is 1. The minimum absolute atomic E-state index is 0. The van der Waals surface area contributed by atoms with E-state index in [0.717, 1.165) is 11.3 Å². The van der Waals surface area contributed by atoms with Gasteiger partial charge in [-0.3, -0.25) is 4.99 Å². The second kappa shape index (κ2) is 7.61. The molecule has 112 valence electrons. The Kier molecular flexibility index (Phi) is 6.13. The largest absolute Gasteiger partial charge is 0.465 e. The summed E-state index contributed by atoms with van der Waals surface area (Å²) < 4.78 is 4.70. The fraction of sp³-hybridized carbons (Fsp3) is 0.154. The van der Waals surface area contributed by atoms with Crippen LogP contribution in [0.25, 0.3) is 11.3 Å². The Balaban J connectivity index is 0.00000220. The van der Waals surface area contributed by atoms with Crippen molar-refractivity contribution in [2.45, 2.75) is 0 Å². The molecular weight excluding hydrogens is 312 g/mol. The molecular formula is C13H15ClN4O2S. The lowest BCUT2D eigenvalue weighted by Crippen LogP contribution is -2.21. The standard InChI is InChI=1S/C13H14N4O2S.ClH/c1-15-12(14)17-13-16-10(7-20-13)8-4-3-5-9(6-8)11(18)19-2;/h3-7H,1-2H3,(H3,14,15,16,17);1H. The van der Waals surface area contributed by atoms with Gasteiger partial charge in [-0.15, -0.1) is 23.7 Å².